The molecule has 3 aromatic heterocycles. The van der Waals surface area contributed by atoms with E-state index in [2.05, 4.69) is 21.3 Å². The van der Waals surface area contributed by atoms with Gasteiger partial charge >= 0.3 is 11.7 Å². The van der Waals surface area contributed by atoms with Crippen molar-refractivity contribution in [3.8, 4) is 28.3 Å². The first-order valence-electron chi connectivity index (χ1n) is 19.2. The van der Waals surface area contributed by atoms with Crippen LogP contribution in [0.1, 0.15) is 47.7 Å². The minimum Gasteiger partial charge on any atom is -0.481 e. The molecule has 13 nitrogen and oxygen atoms in total. The van der Waals surface area contributed by atoms with Crippen molar-refractivity contribution in [3.05, 3.63) is 96.8 Å². The number of pyridine rings is 2. The summed E-state index contributed by atoms with van der Waals surface area (Å²) < 4.78 is 36.5. The number of β-amino-alcohol motifs (C(OH)–C–C–N with tert-alkyl or cyclic N) is 1. The van der Waals surface area contributed by atoms with Gasteiger partial charge in [0.05, 0.1) is 49.6 Å². The number of hydrogen-bond acceptors (Lipinski definition) is 8. The molecule has 2 fully saturated rings. The quantitative estimate of drug-likeness (QED) is 0.183. The molecule has 2 N–H and O–H groups in total. The molecule has 3 aliphatic rings. The lowest BCUT2D eigenvalue weighted by Crippen LogP contribution is -2.46. The second kappa shape index (κ2) is 14.6. The fourth-order valence-electron chi connectivity index (χ4n) is 9.40. The van der Waals surface area contributed by atoms with Crippen LogP contribution in [0, 0.1) is 6.92 Å². The van der Waals surface area contributed by atoms with E-state index in [0.29, 0.717) is 47.5 Å². The summed E-state index contributed by atoms with van der Waals surface area (Å²) in [4.78, 5) is 52.5. The zero-order chi connectivity index (χ0) is 41.4. The summed E-state index contributed by atoms with van der Waals surface area (Å²) in [5.74, 6) is 0.610. The average Bonchev–Trinajstić information content (AvgIpc) is 3.91. The third kappa shape index (κ3) is 6.26. The zero-order valence-electron chi connectivity index (χ0n) is 33.3. The van der Waals surface area contributed by atoms with Crippen molar-refractivity contribution in [2.45, 2.75) is 44.2 Å². The Hall–Kier alpha value is -5.22. The van der Waals surface area contributed by atoms with E-state index < -0.39 is 23.4 Å². The van der Waals surface area contributed by atoms with E-state index in [9.17, 15) is 28.3 Å². The number of benzene rings is 2. The molecule has 2 aromatic carbocycles. The summed E-state index contributed by atoms with van der Waals surface area (Å²) >= 11 is 7.31. The van der Waals surface area contributed by atoms with E-state index in [0.717, 1.165) is 64.3 Å². The number of rotatable bonds is 9. The fraction of sp³-hybridized carbons (Fsp3) is 0.405. The molecule has 1 spiro atoms. The number of nitrogens with one attached hydrogen (secondary N) is 1. The fourth-order valence-corrected chi connectivity index (χ4v) is 9.73. The molecule has 304 valence electrons. The largest absolute Gasteiger partial charge is 0.481 e. The molecule has 1 aliphatic carbocycles. The standard InChI is InChI=1S/C42H45ClF2N8O5/c1-23-25(9-8-12-32(23)53(4,5)37-34-31(20-29(46-37)36(44)45)49(2)41(57)50(3)39(34)55)26-10-7-11-27(35(26)43)28-19-24-13-14-30(33(24)38(47-28)58-6)51-16-15-42(21-51)22-52(17-18-54)40(56)48-42/h7-12,19-20,30,36,54H,13-18,21-22H2,1-6H3/p+1/t30-,42?/m1/s1. The number of ether oxygens (including phenoxy) is 1. The predicted molar refractivity (Wildman–Crippen MR) is 219 cm³/mol. The molecule has 8 rings (SSSR count). The van der Waals surface area contributed by atoms with Gasteiger partial charge in [-0.3, -0.25) is 18.8 Å². The molecule has 0 saturated carbocycles. The van der Waals surface area contributed by atoms with Crippen LogP contribution in [0.15, 0.2) is 58.1 Å². The van der Waals surface area contributed by atoms with E-state index in [1.807, 2.05) is 43.3 Å². The number of carbonyl (C=O) groups excluding carboxylic acids is 1. The Morgan fingerprint density at radius 1 is 1.03 bits per heavy atom. The number of amides is 2. The molecule has 58 heavy (non-hydrogen) atoms. The molecule has 16 heteroatoms. The maximum absolute atomic E-state index is 14.3. The first-order chi connectivity index (χ1) is 27.6. The van der Waals surface area contributed by atoms with Gasteiger partial charge in [-0.1, -0.05) is 41.9 Å². The Kier molecular flexibility index (Phi) is 9.94. The van der Waals surface area contributed by atoms with Gasteiger partial charge in [0.2, 0.25) is 11.7 Å². The smallest absolute Gasteiger partial charge is 0.330 e. The van der Waals surface area contributed by atoms with Crippen LogP contribution in [-0.2, 0) is 20.5 Å². The molecule has 1 unspecified atom stereocenters. The molecule has 2 amide bonds. The molecule has 5 aromatic rings. The van der Waals surface area contributed by atoms with Crippen LogP contribution in [-0.4, -0.2) is 99.6 Å². The number of urea groups is 1. The Labute approximate surface area is 338 Å². The van der Waals surface area contributed by atoms with Gasteiger partial charge in [0.25, 0.3) is 12.0 Å². The van der Waals surface area contributed by atoms with Gasteiger partial charge in [0, 0.05) is 68.6 Å². The monoisotopic (exact) mass is 815 g/mol. The predicted octanol–water partition coefficient (Wildman–Crippen LogP) is 5.62. The van der Waals surface area contributed by atoms with Crippen LogP contribution in [0.25, 0.3) is 33.3 Å². The lowest BCUT2D eigenvalue weighted by Gasteiger charge is -2.31. The average molecular weight is 816 g/mol. The third-order valence-electron chi connectivity index (χ3n) is 12.3. The van der Waals surface area contributed by atoms with Crippen molar-refractivity contribution in [2.24, 2.45) is 14.1 Å². The summed E-state index contributed by atoms with van der Waals surface area (Å²) in [7, 11) is 7.97. The second-order valence-corrected chi connectivity index (χ2v) is 16.4. The number of nitrogens with zero attached hydrogens (tertiary/aromatic N) is 7. The van der Waals surface area contributed by atoms with Gasteiger partial charge in [-0.25, -0.2) is 27.8 Å². The molecule has 0 radical (unpaired) electrons. The molecular weight excluding hydrogens is 770 g/mol. The number of aliphatic hydroxyl groups is 1. The van der Waals surface area contributed by atoms with Gasteiger partial charge in [-0.05, 0) is 55.5 Å². The van der Waals surface area contributed by atoms with Crippen molar-refractivity contribution in [1.82, 2.24) is 38.7 Å². The van der Waals surface area contributed by atoms with Crippen LogP contribution in [0.3, 0.4) is 0 Å². The van der Waals surface area contributed by atoms with Crippen molar-refractivity contribution in [3.63, 3.8) is 0 Å². The van der Waals surface area contributed by atoms with E-state index in [-0.39, 0.29) is 45.4 Å². The number of methoxy groups -OCH3 is 1. The highest BCUT2D eigenvalue weighted by molar-refractivity contribution is 6.36. The number of aliphatic hydroxyl groups excluding tert-OH is 1. The third-order valence-corrected chi connectivity index (χ3v) is 12.8. The molecule has 0 bridgehead atoms. The molecule has 2 saturated heterocycles. The summed E-state index contributed by atoms with van der Waals surface area (Å²) in [5, 5.41) is 13.2. The molecule has 5 heterocycles. The number of fused-ring (bicyclic) bond motifs is 2. The molecular formula is C42H46ClF2N8O5+. The van der Waals surface area contributed by atoms with E-state index in [1.54, 1.807) is 26.1 Å². The Balaban J connectivity index is 1.16. The van der Waals surface area contributed by atoms with Gasteiger partial charge in [-0.2, -0.15) is 4.98 Å². The normalized spacial score (nSPS) is 19.5. The van der Waals surface area contributed by atoms with Gasteiger partial charge in [0.15, 0.2) is 0 Å². The topological polar surface area (TPSA) is 135 Å². The van der Waals surface area contributed by atoms with E-state index >= 15 is 0 Å². The first kappa shape index (κ1) is 39.6. The number of halogens is 3. The summed E-state index contributed by atoms with van der Waals surface area (Å²) in [6.45, 7) is 4.22. The summed E-state index contributed by atoms with van der Waals surface area (Å²) in [6.07, 6.45) is -0.432. The maximum atomic E-state index is 14.3. The highest BCUT2D eigenvalue weighted by Crippen LogP contribution is 2.47. The summed E-state index contributed by atoms with van der Waals surface area (Å²) in [6, 6.07) is 14.5. The Morgan fingerprint density at radius 2 is 1.76 bits per heavy atom. The molecule has 2 aliphatic heterocycles. The lowest BCUT2D eigenvalue weighted by molar-refractivity contribution is 0.146. The van der Waals surface area contributed by atoms with Crippen molar-refractivity contribution >= 4 is 40.0 Å². The lowest BCUT2D eigenvalue weighted by atomic mass is 9.95. The highest BCUT2D eigenvalue weighted by Gasteiger charge is 2.49. The second-order valence-electron chi connectivity index (χ2n) is 16.1. The van der Waals surface area contributed by atoms with Crippen LogP contribution in [0.5, 0.6) is 5.88 Å². The van der Waals surface area contributed by atoms with Crippen molar-refractivity contribution in [2.75, 3.05) is 54.0 Å². The van der Waals surface area contributed by atoms with Crippen LogP contribution >= 0.6 is 11.6 Å². The van der Waals surface area contributed by atoms with Gasteiger partial charge in [0.1, 0.15) is 16.8 Å². The number of alkyl halides is 2. The van der Waals surface area contributed by atoms with Crippen LogP contribution < -0.4 is 25.8 Å². The van der Waals surface area contributed by atoms with Gasteiger partial charge < -0.3 is 20.1 Å². The number of hydrogen-bond donors (Lipinski definition) is 2. The van der Waals surface area contributed by atoms with E-state index in [1.165, 1.54) is 18.7 Å². The number of aromatic nitrogens is 4. The Bertz CT molecular complexity index is 2630. The van der Waals surface area contributed by atoms with Crippen molar-refractivity contribution in [1.29, 1.82) is 0 Å². The Morgan fingerprint density at radius 3 is 2.48 bits per heavy atom. The maximum Gasteiger partial charge on any atom is 0.330 e. The number of likely N-dealkylation sites (tertiary alicyclic amines) is 1. The highest BCUT2D eigenvalue weighted by atomic mass is 35.5. The van der Waals surface area contributed by atoms with E-state index in [4.69, 9.17) is 21.3 Å². The summed E-state index contributed by atoms with van der Waals surface area (Å²) in [5.41, 5.74) is 4.45. The van der Waals surface area contributed by atoms with Gasteiger partial charge in [-0.15, -0.1) is 0 Å². The van der Waals surface area contributed by atoms with Crippen LogP contribution in [0.2, 0.25) is 5.02 Å². The number of quaternary nitrogens is 1. The molecule has 2 atom stereocenters. The minimum absolute atomic E-state index is 0.0707. The van der Waals surface area contributed by atoms with Crippen LogP contribution in [0.4, 0.5) is 25.1 Å². The minimum atomic E-state index is -2.94. The first-order valence-corrected chi connectivity index (χ1v) is 19.6. The van der Waals surface area contributed by atoms with Crippen molar-refractivity contribution < 1.29 is 23.4 Å². The zero-order valence-corrected chi connectivity index (χ0v) is 34.0. The number of aryl methyl sites for hydroxylation is 2. The SMILES string of the molecule is COc1nc(-c2cccc(-c3cccc([N+](C)(C)c4nc(C(F)F)cc5c4c(=O)n(C)c(=O)n5C)c3C)c2Cl)cc2c1[C@H](N1CCC3(CN(CCO)C(=O)N3)C1)CC2. The number of carbonyl (C=O) groups is 1.